The Morgan fingerprint density at radius 1 is 1.06 bits per heavy atom. The Labute approximate surface area is 215 Å². The second-order valence-electron chi connectivity index (χ2n) is 9.93. The lowest BCUT2D eigenvalue weighted by molar-refractivity contribution is -0.131. The van der Waals surface area contributed by atoms with Crippen LogP contribution in [0.5, 0.6) is 5.75 Å². The van der Waals surface area contributed by atoms with Crippen molar-refractivity contribution in [3.8, 4) is 5.75 Å². The van der Waals surface area contributed by atoms with Gasteiger partial charge in [0.05, 0.1) is 18.8 Å². The first-order valence-corrected chi connectivity index (χ1v) is 13.1. The summed E-state index contributed by atoms with van der Waals surface area (Å²) in [5.41, 5.74) is 3.41. The molecule has 2 unspecified atom stereocenters. The number of carbonyl (C=O) groups is 2. The van der Waals surface area contributed by atoms with Crippen molar-refractivity contribution in [1.82, 2.24) is 16.0 Å². The molecule has 36 heavy (non-hydrogen) atoms. The molecule has 196 valence electrons. The third kappa shape index (κ3) is 8.64. The third-order valence-corrected chi connectivity index (χ3v) is 6.59. The first-order chi connectivity index (χ1) is 17.4. The first-order valence-electron chi connectivity index (χ1n) is 13.1. The van der Waals surface area contributed by atoms with Gasteiger partial charge in [-0.05, 0) is 60.4 Å². The van der Waals surface area contributed by atoms with Crippen molar-refractivity contribution in [2.24, 2.45) is 5.92 Å². The van der Waals surface area contributed by atoms with Crippen LogP contribution in [-0.4, -0.2) is 48.3 Å². The van der Waals surface area contributed by atoms with Gasteiger partial charge in [0.15, 0.2) is 0 Å². The number of hydrogen-bond donors (Lipinski definition) is 4. The maximum Gasteiger partial charge on any atom is 0.243 e. The predicted octanol–water partition coefficient (Wildman–Crippen LogP) is 3.13. The summed E-state index contributed by atoms with van der Waals surface area (Å²) in [7, 11) is 0. The Morgan fingerprint density at radius 2 is 1.81 bits per heavy atom. The van der Waals surface area contributed by atoms with Crippen LogP contribution in [0.2, 0.25) is 0 Å². The number of fused-ring (bicyclic) bond motifs is 13. The second kappa shape index (κ2) is 14.0. The molecule has 0 saturated heterocycles. The van der Waals surface area contributed by atoms with Crippen molar-refractivity contribution in [2.75, 3.05) is 13.2 Å². The van der Waals surface area contributed by atoms with Crippen LogP contribution >= 0.6 is 0 Å². The molecular weight excluding hydrogens is 454 g/mol. The molecule has 2 heterocycles. The van der Waals surface area contributed by atoms with E-state index in [1.54, 1.807) is 0 Å². The van der Waals surface area contributed by atoms with Crippen LogP contribution in [-0.2, 0) is 29.0 Å². The molecule has 0 saturated carbocycles. The molecule has 2 bridgehead atoms. The maximum absolute atomic E-state index is 13.3. The maximum atomic E-state index is 13.3. The zero-order chi connectivity index (χ0) is 25.9. The molecule has 0 aliphatic carbocycles. The fourth-order valence-electron chi connectivity index (χ4n) is 4.36. The van der Waals surface area contributed by atoms with E-state index in [-0.39, 0.29) is 17.7 Å². The Balaban J connectivity index is 1.73. The number of carbonyl (C=O) groups excluding carboxylic acids is 2. The summed E-state index contributed by atoms with van der Waals surface area (Å²) in [6.07, 6.45) is 2.40. The summed E-state index contributed by atoms with van der Waals surface area (Å²) >= 11 is 0. The third-order valence-electron chi connectivity index (χ3n) is 6.59. The topological polar surface area (TPSA) is 99.7 Å². The molecule has 0 aromatic heterocycles. The number of hydrogen-bond acceptors (Lipinski definition) is 5. The molecule has 7 nitrogen and oxygen atoms in total. The molecule has 7 heteroatoms. The van der Waals surface area contributed by atoms with Crippen LogP contribution in [0, 0.1) is 5.92 Å². The average molecular weight is 496 g/mol. The molecule has 2 aromatic carbocycles. The zero-order valence-corrected chi connectivity index (χ0v) is 21.8. The molecule has 2 aromatic rings. The zero-order valence-electron chi connectivity index (χ0n) is 21.8. The van der Waals surface area contributed by atoms with E-state index in [4.69, 9.17) is 4.74 Å². The van der Waals surface area contributed by atoms with E-state index in [9.17, 15) is 14.7 Å². The average Bonchev–Trinajstić information content (AvgIpc) is 2.86. The Morgan fingerprint density at radius 3 is 2.53 bits per heavy atom. The summed E-state index contributed by atoms with van der Waals surface area (Å²) in [4.78, 5) is 25.7. The highest BCUT2D eigenvalue weighted by atomic mass is 16.5. The molecule has 0 fully saturated rings. The predicted molar refractivity (Wildman–Crippen MR) is 142 cm³/mol. The molecule has 2 amide bonds. The van der Waals surface area contributed by atoms with Gasteiger partial charge in [-0.2, -0.15) is 0 Å². The quantitative estimate of drug-likeness (QED) is 0.473. The highest BCUT2D eigenvalue weighted by Crippen LogP contribution is 2.16. The molecule has 2 aliphatic heterocycles. The first kappa shape index (κ1) is 27.7. The van der Waals surface area contributed by atoms with Crippen molar-refractivity contribution >= 4 is 11.8 Å². The molecule has 4 rings (SSSR count). The number of ether oxygens (including phenoxy) is 1. The highest BCUT2D eigenvalue weighted by molar-refractivity contribution is 5.88. The van der Waals surface area contributed by atoms with Gasteiger partial charge >= 0.3 is 0 Å². The minimum atomic E-state index is -0.818. The molecule has 2 aliphatic rings. The van der Waals surface area contributed by atoms with Gasteiger partial charge in [-0.3, -0.25) is 9.59 Å². The number of benzene rings is 2. The summed E-state index contributed by atoms with van der Waals surface area (Å²) < 4.78 is 5.80. The monoisotopic (exact) mass is 495 g/mol. The van der Waals surface area contributed by atoms with Crippen LogP contribution < -0.4 is 20.7 Å². The molecular formula is C29H41N3O4. The van der Waals surface area contributed by atoms with E-state index in [0.717, 1.165) is 29.7 Å². The van der Waals surface area contributed by atoms with Crippen LogP contribution in [0.1, 0.15) is 56.7 Å². The van der Waals surface area contributed by atoms with E-state index in [1.807, 2.05) is 44.2 Å². The summed E-state index contributed by atoms with van der Waals surface area (Å²) in [5.74, 6) is 0.266. The normalized spacial score (nSPS) is 20.5. The fourth-order valence-corrected chi connectivity index (χ4v) is 4.36. The van der Waals surface area contributed by atoms with Gasteiger partial charge in [0.2, 0.25) is 11.8 Å². The summed E-state index contributed by atoms with van der Waals surface area (Å²) in [6.45, 7) is 7.43. The fraction of sp³-hybridized carbons (Fsp3) is 0.517. The van der Waals surface area contributed by atoms with Gasteiger partial charge in [-0.25, -0.2) is 0 Å². The number of aliphatic hydroxyl groups excluding tert-OH is 1. The lowest BCUT2D eigenvalue weighted by atomic mass is 9.98. The van der Waals surface area contributed by atoms with Crippen molar-refractivity contribution in [3.05, 3.63) is 65.2 Å². The minimum Gasteiger partial charge on any atom is -0.494 e. The smallest absolute Gasteiger partial charge is 0.243 e. The van der Waals surface area contributed by atoms with Gasteiger partial charge < -0.3 is 25.8 Å². The standard InChI is InChI=1S/C29H41N3O4/c1-4-21-8-7-9-23(16-21)18-30-19-26(33)25-17-22-11-13-24(14-12-22)36-15-6-5-10-27(34)32-28(20(2)3)29(35)31-25/h7-9,11-14,16,20,25-26,28,30,33H,4-6,10,15,17-19H2,1-3H3,(H,31,35)(H,32,34)/t25?,26-,28?/m1/s1. The van der Waals surface area contributed by atoms with E-state index < -0.39 is 18.2 Å². The second-order valence-corrected chi connectivity index (χ2v) is 9.93. The Kier molecular flexibility index (Phi) is 10.8. The molecule has 0 radical (unpaired) electrons. The molecule has 0 spiro atoms. The van der Waals surface area contributed by atoms with Gasteiger partial charge in [0.1, 0.15) is 11.8 Å². The lowest BCUT2D eigenvalue weighted by Crippen LogP contribution is -2.56. The number of aliphatic hydroxyl groups is 1. The van der Waals surface area contributed by atoms with Crippen LogP contribution in [0.4, 0.5) is 0 Å². The van der Waals surface area contributed by atoms with Crippen LogP contribution in [0.15, 0.2) is 48.5 Å². The van der Waals surface area contributed by atoms with Gasteiger partial charge in [0.25, 0.3) is 0 Å². The lowest BCUT2D eigenvalue weighted by Gasteiger charge is -2.29. The van der Waals surface area contributed by atoms with E-state index >= 15 is 0 Å². The van der Waals surface area contributed by atoms with E-state index in [0.29, 0.717) is 39.0 Å². The van der Waals surface area contributed by atoms with E-state index in [2.05, 4.69) is 41.1 Å². The number of nitrogens with one attached hydrogen (secondary N) is 3. The van der Waals surface area contributed by atoms with Crippen molar-refractivity contribution < 1.29 is 19.4 Å². The van der Waals surface area contributed by atoms with Gasteiger partial charge in [0, 0.05) is 19.5 Å². The summed E-state index contributed by atoms with van der Waals surface area (Å²) in [6, 6.07) is 14.9. The molecule has 3 atom stereocenters. The van der Waals surface area contributed by atoms with Crippen LogP contribution in [0.3, 0.4) is 0 Å². The van der Waals surface area contributed by atoms with Gasteiger partial charge in [-0.1, -0.05) is 57.2 Å². The van der Waals surface area contributed by atoms with Crippen molar-refractivity contribution in [1.29, 1.82) is 0 Å². The Bertz CT molecular complexity index is 977. The summed E-state index contributed by atoms with van der Waals surface area (Å²) in [5, 5.41) is 20.3. The van der Waals surface area contributed by atoms with Gasteiger partial charge in [-0.15, -0.1) is 0 Å². The van der Waals surface area contributed by atoms with E-state index in [1.165, 1.54) is 5.56 Å². The number of aryl methyl sites for hydroxylation is 1. The SMILES string of the molecule is CCc1cccc(CNC[C@@H](O)C2Cc3ccc(cc3)OCCCCC(=O)NC(C(C)C)C(=O)N2)c1. The minimum absolute atomic E-state index is 0.0859. The highest BCUT2D eigenvalue weighted by Gasteiger charge is 2.29. The largest absolute Gasteiger partial charge is 0.494 e. The Hall–Kier alpha value is -2.90. The molecule has 4 N–H and O–H groups in total. The van der Waals surface area contributed by atoms with Crippen molar-refractivity contribution in [2.45, 2.75) is 77.6 Å². The van der Waals surface area contributed by atoms with Crippen molar-refractivity contribution in [3.63, 3.8) is 0 Å². The van der Waals surface area contributed by atoms with Crippen LogP contribution in [0.25, 0.3) is 0 Å². The number of amides is 2. The number of rotatable bonds is 7.